The molecule has 0 aliphatic rings. The average molecular weight is 405 g/mol. The third-order valence-corrected chi connectivity index (χ3v) is 5.12. The summed E-state index contributed by atoms with van der Waals surface area (Å²) in [6, 6.07) is 11.4. The number of rotatable bonds is 8. The monoisotopic (exact) mass is 405 g/mol. The van der Waals surface area contributed by atoms with Crippen LogP contribution in [0.3, 0.4) is 0 Å². The quantitative estimate of drug-likeness (QED) is 0.623. The van der Waals surface area contributed by atoms with Gasteiger partial charge in [0.25, 0.3) is 5.91 Å². The van der Waals surface area contributed by atoms with Gasteiger partial charge in [-0.3, -0.25) is 14.3 Å². The zero-order valence-corrected chi connectivity index (χ0v) is 16.7. The molecular formula is C19H23N3O5S. The molecule has 0 saturated carbocycles. The van der Waals surface area contributed by atoms with Gasteiger partial charge in [0, 0.05) is 11.3 Å². The van der Waals surface area contributed by atoms with Gasteiger partial charge in [0.15, 0.2) is 0 Å². The van der Waals surface area contributed by atoms with Crippen molar-refractivity contribution in [3.63, 3.8) is 0 Å². The van der Waals surface area contributed by atoms with Gasteiger partial charge in [0.1, 0.15) is 5.75 Å². The van der Waals surface area contributed by atoms with Crippen LogP contribution in [0, 0.1) is 6.92 Å². The molecule has 2 aromatic rings. The van der Waals surface area contributed by atoms with Crippen molar-refractivity contribution in [3.05, 3.63) is 53.6 Å². The second kappa shape index (κ2) is 9.23. The van der Waals surface area contributed by atoms with Crippen molar-refractivity contribution < 1.29 is 22.7 Å². The molecule has 9 heteroatoms. The maximum absolute atomic E-state index is 12.3. The largest absolute Gasteiger partial charge is 0.495 e. The van der Waals surface area contributed by atoms with Crippen molar-refractivity contribution in [1.29, 1.82) is 0 Å². The van der Waals surface area contributed by atoms with Crippen molar-refractivity contribution in [3.8, 4) is 5.75 Å². The van der Waals surface area contributed by atoms with Crippen LogP contribution < -0.4 is 20.1 Å². The normalized spacial score (nSPS) is 10.8. The minimum atomic E-state index is -3.44. The third-order valence-electron chi connectivity index (χ3n) is 3.82. The summed E-state index contributed by atoms with van der Waals surface area (Å²) in [6.07, 6.45) is 0. The Kier molecular flexibility index (Phi) is 7.00. The van der Waals surface area contributed by atoms with Crippen molar-refractivity contribution in [2.24, 2.45) is 0 Å². The SMILES string of the molecule is CCS(=O)(=O)Nc1cccc(C(=O)NCC(=O)Nc2cc(C)ccc2OC)c1. The van der Waals surface area contributed by atoms with Gasteiger partial charge < -0.3 is 15.4 Å². The van der Waals surface area contributed by atoms with Crippen LogP contribution in [-0.2, 0) is 14.8 Å². The molecule has 0 aliphatic carbocycles. The summed E-state index contributed by atoms with van der Waals surface area (Å²) in [5.41, 5.74) is 1.98. The summed E-state index contributed by atoms with van der Waals surface area (Å²) in [4.78, 5) is 24.4. The van der Waals surface area contributed by atoms with Gasteiger partial charge in [-0.05, 0) is 49.7 Å². The van der Waals surface area contributed by atoms with E-state index in [4.69, 9.17) is 4.74 Å². The van der Waals surface area contributed by atoms with Gasteiger partial charge in [0.2, 0.25) is 15.9 Å². The minimum Gasteiger partial charge on any atom is -0.495 e. The molecule has 2 amide bonds. The maximum atomic E-state index is 12.3. The van der Waals surface area contributed by atoms with E-state index in [9.17, 15) is 18.0 Å². The summed E-state index contributed by atoms with van der Waals surface area (Å²) in [5, 5.41) is 5.19. The van der Waals surface area contributed by atoms with E-state index < -0.39 is 21.8 Å². The molecule has 0 aliphatic heterocycles. The predicted molar refractivity (Wildman–Crippen MR) is 108 cm³/mol. The average Bonchev–Trinajstić information content (AvgIpc) is 2.66. The molecule has 0 fully saturated rings. The molecule has 0 spiro atoms. The Hall–Kier alpha value is -3.07. The molecule has 3 N–H and O–H groups in total. The first-order chi connectivity index (χ1) is 13.2. The summed E-state index contributed by atoms with van der Waals surface area (Å²) in [5.74, 6) is -0.475. The van der Waals surface area contributed by atoms with E-state index in [1.165, 1.54) is 26.2 Å². The zero-order chi connectivity index (χ0) is 20.7. The number of hydrogen-bond acceptors (Lipinski definition) is 5. The molecule has 0 bridgehead atoms. The van der Waals surface area contributed by atoms with Gasteiger partial charge in [-0.15, -0.1) is 0 Å². The van der Waals surface area contributed by atoms with Gasteiger partial charge in [-0.25, -0.2) is 8.42 Å². The summed E-state index contributed by atoms with van der Waals surface area (Å²) in [7, 11) is -1.94. The number of hydrogen-bond donors (Lipinski definition) is 3. The van der Waals surface area contributed by atoms with Crippen LogP contribution in [0.2, 0.25) is 0 Å². The fraction of sp³-hybridized carbons (Fsp3) is 0.263. The number of aryl methyl sites for hydroxylation is 1. The lowest BCUT2D eigenvalue weighted by atomic mass is 10.2. The Morgan fingerprint density at radius 1 is 1.11 bits per heavy atom. The Labute approximate surface area is 164 Å². The molecule has 0 saturated heterocycles. The molecule has 0 atom stereocenters. The fourth-order valence-corrected chi connectivity index (χ4v) is 2.98. The van der Waals surface area contributed by atoms with Crippen LogP contribution in [-0.4, -0.2) is 39.6 Å². The molecule has 0 heterocycles. The molecule has 8 nitrogen and oxygen atoms in total. The highest BCUT2D eigenvalue weighted by Gasteiger charge is 2.12. The topological polar surface area (TPSA) is 114 Å². The lowest BCUT2D eigenvalue weighted by Gasteiger charge is -2.12. The van der Waals surface area contributed by atoms with Gasteiger partial charge in [-0.2, -0.15) is 0 Å². The van der Waals surface area contributed by atoms with Crippen LogP contribution in [0.25, 0.3) is 0 Å². The lowest BCUT2D eigenvalue weighted by Crippen LogP contribution is -2.33. The number of anilines is 2. The Morgan fingerprint density at radius 2 is 1.86 bits per heavy atom. The van der Waals surface area contributed by atoms with Crippen LogP contribution >= 0.6 is 0 Å². The molecular weight excluding hydrogens is 382 g/mol. The number of carbonyl (C=O) groups is 2. The van der Waals surface area contributed by atoms with Crippen molar-refractivity contribution in [1.82, 2.24) is 5.32 Å². The van der Waals surface area contributed by atoms with Crippen LogP contribution in [0.5, 0.6) is 5.75 Å². The number of amides is 2. The maximum Gasteiger partial charge on any atom is 0.251 e. The molecule has 28 heavy (non-hydrogen) atoms. The van der Waals surface area contributed by atoms with E-state index in [0.29, 0.717) is 11.4 Å². The molecule has 2 rings (SSSR count). The van der Waals surface area contributed by atoms with E-state index in [0.717, 1.165) is 5.56 Å². The first-order valence-electron chi connectivity index (χ1n) is 8.57. The number of benzene rings is 2. The minimum absolute atomic E-state index is 0.0774. The summed E-state index contributed by atoms with van der Waals surface area (Å²) in [6.45, 7) is 3.15. The molecule has 0 aromatic heterocycles. The van der Waals surface area contributed by atoms with Crippen LogP contribution in [0.15, 0.2) is 42.5 Å². The highest BCUT2D eigenvalue weighted by atomic mass is 32.2. The second-order valence-corrected chi connectivity index (χ2v) is 8.03. The van der Waals surface area contributed by atoms with Gasteiger partial charge in [-0.1, -0.05) is 12.1 Å². The zero-order valence-electron chi connectivity index (χ0n) is 15.9. The summed E-state index contributed by atoms with van der Waals surface area (Å²) < 4.78 is 30.9. The number of ether oxygens (including phenoxy) is 1. The van der Waals surface area contributed by atoms with E-state index in [2.05, 4.69) is 15.4 Å². The second-order valence-electron chi connectivity index (χ2n) is 6.02. The van der Waals surface area contributed by atoms with Crippen LogP contribution in [0.1, 0.15) is 22.8 Å². The van der Waals surface area contributed by atoms with Gasteiger partial charge in [0.05, 0.1) is 25.1 Å². The van der Waals surface area contributed by atoms with Crippen molar-refractivity contribution >= 4 is 33.2 Å². The predicted octanol–water partition coefficient (Wildman–Crippen LogP) is 2.13. The Morgan fingerprint density at radius 3 is 2.54 bits per heavy atom. The molecule has 2 aromatic carbocycles. The van der Waals surface area contributed by atoms with E-state index in [-0.39, 0.29) is 23.5 Å². The number of carbonyl (C=O) groups excluding carboxylic acids is 2. The molecule has 150 valence electrons. The highest BCUT2D eigenvalue weighted by Crippen LogP contribution is 2.24. The van der Waals surface area contributed by atoms with E-state index in [1.807, 2.05) is 13.0 Å². The lowest BCUT2D eigenvalue weighted by molar-refractivity contribution is -0.115. The Balaban J connectivity index is 1.99. The first kappa shape index (κ1) is 21.2. The first-order valence-corrected chi connectivity index (χ1v) is 10.2. The highest BCUT2D eigenvalue weighted by molar-refractivity contribution is 7.92. The standard InChI is InChI=1S/C19H23N3O5S/c1-4-28(25,26)22-15-7-5-6-14(11-15)19(24)20-12-18(23)21-16-10-13(2)8-9-17(16)27-3/h5-11,22H,4,12H2,1-3H3,(H,20,24)(H,21,23). The third kappa shape index (κ3) is 5.98. The van der Waals surface area contributed by atoms with E-state index in [1.54, 1.807) is 24.3 Å². The van der Waals surface area contributed by atoms with Gasteiger partial charge >= 0.3 is 0 Å². The fourth-order valence-electron chi connectivity index (χ4n) is 2.35. The Bertz CT molecular complexity index is 973. The van der Waals surface area contributed by atoms with E-state index >= 15 is 0 Å². The van der Waals surface area contributed by atoms with Crippen molar-refractivity contribution in [2.75, 3.05) is 29.4 Å². The smallest absolute Gasteiger partial charge is 0.251 e. The van der Waals surface area contributed by atoms with Crippen LogP contribution in [0.4, 0.5) is 11.4 Å². The molecule has 0 unspecified atom stereocenters. The number of nitrogens with one attached hydrogen (secondary N) is 3. The number of sulfonamides is 1. The summed E-state index contributed by atoms with van der Waals surface area (Å²) >= 11 is 0. The molecule has 0 radical (unpaired) electrons. The van der Waals surface area contributed by atoms with Crippen molar-refractivity contribution in [2.45, 2.75) is 13.8 Å². The number of methoxy groups -OCH3 is 1.